The lowest BCUT2D eigenvalue weighted by Gasteiger charge is -2.26. The van der Waals surface area contributed by atoms with Crippen molar-refractivity contribution in [3.05, 3.63) is 64.1 Å². The molecule has 5 heteroatoms. The monoisotopic (exact) mass is 370 g/mol. The number of aromatic nitrogens is 2. The number of aryl methyl sites for hydroxylation is 1. The van der Waals surface area contributed by atoms with E-state index >= 15 is 0 Å². The highest BCUT2D eigenvalue weighted by Gasteiger charge is 2.28. The first kappa shape index (κ1) is 17.0. The van der Waals surface area contributed by atoms with Crippen LogP contribution >= 0.6 is 0 Å². The van der Waals surface area contributed by atoms with Crippen molar-refractivity contribution in [1.82, 2.24) is 9.55 Å². The van der Waals surface area contributed by atoms with Gasteiger partial charge < -0.3 is 9.47 Å². The van der Waals surface area contributed by atoms with Crippen LogP contribution in [0.5, 0.6) is 0 Å². The lowest BCUT2D eigenvalue weighted by Crippen LogP contribution is -2.25. The van der Waals surface area contributed by atoms with Gasteiger partial charge in [0.25, 0.3) is 5.56 Å². The van der Waals surface area contributed by atoms with Crippen molar-refractivity contribution in [2.45, 2.75) is 31.6 Å². The van der Waals surface area contributed by atoms with Crippen LogP contribution in [0.3, 0.4) is 0 Å². The summed E-state index contributed by atoms with van der Waals surface area (Å²) in [6.07, 6.45) is 5.00. The van der Waals surface area contributed by atoms with Gasteiger partial charge in [-0.3, -0.25) is 4.79 Å². The highest BCUT2D eigenvalue weighted by Crippen LogP contribution is 2.42. The summed E-state index contributed by atoms with van der Waals surface area (Å²) in [4.78, 5) is 19.4. The van der Waals surface area contributed by atoms with E-state index in [0.29, 0.717) is 17.1 Å². The molecule has 2 aliphatic rings. The molecule has 0 spiro atoms. The highest BCUT2D eigenvalue weighted by atomic mass is 16.1. The number of hydrogen-bond acceptors (Lipinski definition) is 4. The second-order valence-electron chi connectivity index (χ2n) is 8.02. The molecule has 28 heavy (non-hydrogen) atoms. The predicted molar refractivity (Wildman–Crippen MR) is 110 cm³/mol. The SMILES string of the molecule is Cn1c(=O)cc(N(CC2CC2)c2ccc(C3CC3)cc2)c2nc(C#N)ccc21. The molecule has 1 aromatic carbocycles. The molecule has 0 N–H and O–H groups in total. The molecule has 2 aliphatic carbocycles. The lowest BCUT2D eigenvalue weighted by atomic mass is 10.1. The molecule has 0 amide bonds. The molecule has 2 saturated carbocycles. The van der Waals surface area contributed by atoms with Crippen LogP contribution < -0.4 is 10.5 Å². The van der Waals surface area contributed by atoms with Gasteiger partial charge in [0.2, 0.25) is 0 Å². The number of anilines is 2. The largest absolute Gasteiger partial charge is 0.339 e. The van der Waals surface area contributed by atoms with Crippen LogP contribution in [0.1, 0.15) is 42.9 Å². The molecule has 2 fully saturated rings. The van der Waals surface area contributed by atoms with E-state index in [1.54, 1.807) is 23.7 Å². The predicted octanol–water partition coefficient (Wildman–Crippen LogP) is 4.23. The van der Waals surface area contributed by atoms with Crippen molar-refractivity contribution in [3.63, 3.8) is 0 Å². The molecule has 2 aromatic heterocycles. The van der Waals surface area contributed by atoms with E-state index in [4.69, 9.17) is 0 Å². The molecule has 0 saturated heterocycles. The highest BCUT2D eigenvalue weighted by molar-refractivity contribution is 5.91. The normalized spacial score (nSPS) is 16.1. The summed E-state index contributed by atoms with van der Waals surface area (Å²) in [5.74, 6) is 1.36. The van der Waals surface area contributed by atoms with E-state index in [1.165, 1.54) is 31.2 Å². The molecule has 3 aromatic rings. The van der Waals surface area contributed by atoms with Crippen LogP contribution in [-0.2, 0) is 7.05 Å². The molecule has 5 nitrogen and oxygen atoms in total. The van der Waals surface area contributed by atoms with E-state index in [-0.39, 0.29) is 5.56 Å². The van der Waals surface area contributed by atoms with Gasteiger partial charge in [0.1, 0.15) is 17.3 Å². The lowest BCUT2D eigenvalue weighted by molar-refractivity contribution is 0.810. The Balaban J connectivity index is 1.67. The Morgan fingerprint density at radius 2 is 1.89 bits per heavy atom. The van der Waals surface area contributed by atoms with Crippen molar-refractivity contribution >= 4 is 22.4 Å². The van der Waals surface area contributed by atoms with Crippen LogP contribution in [-0.4, -0.2) is 16.1 Å². The summed E-state index contributed by atoms with van der Waals surface area (Å²) in [5, 5.41) is 9.32. The number of fused-ring (bicyclic) bond motifs is 1. The number of pyridine rings is 2. The van der Waals surface area contributed by atoms with Gasteiger partial charge >= 0.3 is 0 Å². The standard InChI is InChI=1S/C23H22N4O/c1-26-20-11-8-18(13-24)25-23(20)21(12-22(26)28)27(14-15-2-3-15)19-9-6-17(7-10-19)16-4-5-16/h6-12,15-16H,2-5,14H2,1H3. The molecule has 0 bridgehead atoms. The Kier molecular flexibility index (Phi) is 3.94. The van der Waals surface area contributed by atoms with E-state index in [0.717, 1.165) is 29.4 Å². The number of rotatable bonds is 5. The maximum absolute atomic E-state index is 12.6. The third-order valence-electron chi connectivity index (χ3n) is 5.87. The Labute approximate surface area is 163 Å². The van der Waals surface area contributed by atoms with Crippen LogP contribution in [0.4, 0.5) is 11.4 Å². The van der Waals surface area contributed by atoms with Crippen molar-refractivity contribution in [2.75, 3.05) is 11.4 Å². The van der Waals surface area contributed by atoms with Crippen LogP contribution in [0, 0.1) is 17.2 Å². The molecule has 0 radical (unpaired) electrons. The van der Waals surface area contributed by atoms with Crippen LogP contribution in [0.15, 0.2) is 47.3 Å². The van der Waals surface area contributed by atoms with E-state index in [1.807, 2.05) is 6.07 Å². The average Bonchev–Trinajstić information content (AvgIpc) is 3.63. The van der Waals surface area contributed by atoms with Crippen molar-refractivity contribution in [3.8, 4) is 6.07 Å². The molecule has 0 unspecified atom stereocenters. The average molecular weight is 370 g/mol. The number of benzene rings is 1. The quantitative estimate of drug-likeness (QED) is 0.674. The maximum Gasteiger partial charge on any atom is 0.252 e. The van der Waals surface area contributed by atoms with Gasteiger partial charge in [-0.05, 0) is 67.3 Å². The topological polar surface area (TPSA) is 61.9 Å². The number of nitrogens with zero attached hydrogens (tertiary/aromatic N) is 4. The molecule has 5 rings (SSSR count). The van der Waals surface area contributed by atoms with Crippen LogP contribution in [0.2, 0.25) is 0 Å². The van der Waals surface area contributed by atoms with Gasteiger partial charge in [0, 0.05) is 25.3 Å². The van der Waals surface area contributed by atoms with Crippen LogP contribution in [0.25, 0.3) is 11.0 Å². The second-order valence-corrected chi connectivity index (χ2v) is 8.02. The maximum atomic E-state index is 12.6. The second kappa shape index (κ2) is 6.49. The fourth-order valence-electron chi connectivity index (χ4n) is 3.82. The third-order valence-corrected chi connectivity index (χ3v) is 5.87. The summed E-state index contributed by atoms with van der Waals surface area (Å²) in [5.41, 5.74) is 5.02. The minimum Gasteiger partial charge on any atom is -0.339 e. The minimum atomic E-state index is -0.0654. The van der Waals surface area contributed by atoms with Gasteiger partial charge in [-0.2, -0.15) is 5.26 Å². The van der Waals surface area contributed by atoms with Gasteiger partial charge in [-0.25, -0.2) is 4.98 Å². The summed E-state index contributed by atoms with van der Waals surface area (Å²) in [6, 6.07) is 16.0. The summed E-state index contributed by atoms with van der Waals surface area (Å²) >= 11 is 0. The van der Waals surface area contributed by atoms with Crippen molar-refractivity contribution < 1.29 is 0 Å². The zero-order valence-corrected chi connectivity index (χ0v) is 15.9. The smallest absolute Gasteiger partial charge is 0.252 e. The molecule has 2 heterocycles. The fourth-order valence-corrected chi connectivity index (χ4v) is 3.82. The number of nitriles is 1. The van der Waals surface area contributed by atoms with Gasteiger partial charge in [0.05, 0.1) is 11.2 Å². The summed E-state index contributed by atoms with van der Waals surface area (Å²) in [6.45, 7) is 0.865. The Morgan fingerprint density at radius 1 is 1.14 bits per heavy atom. The van der Waals surface area contributed by atoms with E-state index in [2.05, 4.69) is 40.2 Å². The summed E-state index contributed by atoms with van der Waals surface area (Å²) in [7, 11) is 1.75. The van der Waals surface area contributed by atoms with Gasteiger partial charge in [0.15, 0.2) is 0 Å². The van der Waals surface area contributed by atoms with E-state index in [9.17, 15) is 10.1 Å². The first-order valence-corrected chi connectivity index (χ1v) is 9.92. The van der Waals surface area contributed by atoms with Gasteiger partial charge in [-0.15, -0.1) is 0 Å². The number of hydrogen-bond donors (Lipinski definition) is 0. The van der Waals surface area contributed by atoms with Crippen molar-refractivity contribution in [1.29, 1.82) is 5.26 Å². The first-order valence-electron chi connectivity index (χ1n) is 9.92. The molecule has 0 atom stereocenters. The zero-order valence-electron chi connectivity index (χ0n) is 15.9. The minimum absolute atomic E-state index is 0.0654. The Morgan fingerprint density at radius 3 is 2.54 bits per heavy atom. The third kappa shape index (κ3) is 3.05. The Bertz CT molecular complexity index is 1150. The zero-order chi connectivity index (χ0) is 19.3. The van der Waals surface area contributed by atoms with Crippen molar-refractivity contribution in [2.24, 2.45) is 13.0 Å². The first-order chi connectivity index (χ1) is 13.6. The molecule has 0 aliphatic heterocycles. The fraction of sp³-hybridized carbons (Fsp3) is 0.348. The summed E-state index contributed by atoms with van der Waals surface area (Å²) < 4.78 is 1.60. The van der Waals surface area contributed by atoms with E-state index < -0.39 is 0 Å². The Hall–Kier alpha value is -3.13. The molecule has 140 valence electrons. The molecular formula is C23H22N4O. The van der Waals surface area contributed by atoms with Gasteiger partial charge in [-0.1, -0.05) is 12.1 Å². The molecular weight excluding hydrogens is 348 g/mol.